The van der Waals surface area contributed by atoms with Gasteiger partial charge >= 0.3 is 0 Å². The van der Waals surface area contributed by atoms with E-state index in [4.69, 9.17) is 5.73 Å². The number of likely N-dealkylation sites (tertiary alicyclic amines) is 1. The van der Waals surface area contributed by atoms with Gasteiger partial charge in [0, 0.05) is 38.6 Å². The largest absolute Gasteiger partial charge is 0.349 e. The monoisotopic (exact) mass is 227 g/mol. The Balaban J connectivity index is 2.64. The Labute approximate surface area is 98.8 Å². The first-order valence-corrected chi connectivity index (χ1v) is 6.05. The molecule has 0 aromatic heterocycles. The standard InChI is InChI=1S/C12H25N3O/c1-12(2)6-5-7-15(12)10(9-13)8-11(16)14(3)4/h10H,5-9,13H2,1-4H3. The maximum absolute atomic E-state index is 11.7. The first kappa shape index (κ1) is 13.5. The van der Waals surface area contributed by atoms with Crippen LogP contribution < -0.4 is 5.73 Å². The number of rotatable bonds is 4. The minimum atomic E-state index is 0.165. The van der Waals surface area contributed by atoms with Crippen LogP contribution in [0.3, 0.4) is 0 Å². The molecule has 4 nitrogen and oxygen atoms in total. The van der Waals surface area contributed by atoms with Gasteiger partial charge in [0.15, 0.2) is 0 Å². The fraction of sp³-hybridized carbons (Fsp3) is 0.917. The van der Waals surface area contributed by atoms with E-state index in [1.807, 2.05) is 0 Å². The van der Waals surface area contributed by atoms with E-state index in [9.17, 15) is 4.79 Å². The summed E-state index contributed by atoms with van der Waals surface area (Å²) in [5.74, 6) is 0.165. The lowest BCUT2D eigenvalue weighted by Gasteiger charge is -2.38. The molecule has 1 amide bonds. The van der Waals surface area contributed by atoms with Gasteiger partial charge in [-0.15, -0.1) is 0 Å². The molecule has 0 aromatic rings. The van der Waals surface area contributed by atoms with Crippen LogP contribution in [-0.4, -0.2) is 54.5 Å². The number of nitrogens with zero attached hydrogens (tertiary/aromatic N) is 2. The van der Waals surface area contributed by atoms with Crippen LogP contribution in [0.4, 0.5) is 0 Å². The number of nitrogens with two attached hydrogens (primary N) is 1. The lowest BCUT2D eigenvalue weighted by atomic mass is 9.99. The van der Waals surface area contributed by atoms with Gasteiger partial charge in [-0.1, -0.05) is 0 Å². The van der Waals surface area contributed by atoms with Crippen LogP contribution in [0.1, 0.15) is 33.1 Å². The smallest absolute Gasteiger partial charge is 0.223 e. The molecular weight excluding hydrogens is 202 g/mol. The summed E-state index contributed by atoms with van der Waals surface area (Å²) in [5, 5.41) is 0. The summed E-state index contributed by atoms with van der Waals surface area (Å²) < 4.78 is 0. The summed E-state index contributed by atoms with van der Waals surface area (Å²) in [6, 6.07) is 0.187. The third-order valence-electron chi connectivity index (χ3n) is 3.59. The molecule has 1 rings (SSSR count). The molecule has 0 saturated carbocycles. The molecule has 94 valence electrons. The second-order valence-corrected chi connectivity index (χ2v) is 5.49. The molecule has 1 saturated heterocycles. The summed E-state index contributed by atoms with van der Waals surface area (Å²) in [5.41, 5.74) is 6.00. The predicted molar refractivity (Wildman–Crippen MR) is 66.2 cm³/mol. The van der Waals surface area contributed by atoms with Crippen molar-refractivity contribution in [2.24, 2.45) is 5.73 Å². The normalized spacial score (nSPS) is 22.1. The van der Waals surface area contributed by atoms with Crippen molar-refractivity contribution in [3.8, 4) is 0 Å². The van der Waals surface area contributed by atoms with Crippen LogP contribution in [0.2, 0.25) is 0 Å². The molecule has 1 fully saturated rings. The van der Waals surface area contributed by atoms with Gasteiger partial charge in [-0.25, -0.2) is 0 Å². The van der Waals surface area contributed by atoms with Crippen LogP contribution in [0.5, 0.6) is 0 Å². The number of carbonyl (C=O) groups is 1. The van der Waals surface area contributed by atoms with Crippen molar-refractivity contribution in [1.29, 1.82) is 0 Å². The number of amides is 1. The van der Waals surface area contributed by atoms with Crippen LogP contribution in [0, 0.1) is 0 Å². The molecule has 16 heavy (non-hydrogen) atoms. The Kier molecular flexibility index (Phi) is 4.33. The fourth-order valence-corrected chi connectivity index (χ4v) is 2.51. The highest BCUT2D eigenvalue weighted by Gasteiger charge is 2.36. The van der Waals surface area contributed by atoms with Gasteiger partial charge in [0.2, 0.25) is 5.91 Å². The molecule has 0 spiro atoms. The van der Waals surface area contributed by atoms with Gasteiger partial charge in [0.1, 0.15) is 0 Å². The van der Waals surface area contributed by atoms with E-state index in [0.29, 0.717) is 13.0 Å². The summed E-state index contributed by atoms with van der Waals surface area (Å²) in [6.45, 7) is 6.10. The first-order chi connectivity index (χ1) is 7.38. The predicted octanol–water partition coefficient (Wildman–Crippen LogP) is 0.666. The summed E-state index contributed by atoms with van der Waals surface area (Å²) in [4.78, 5) is 15.8. The molecule has 1 aliphatic rings. The maximum Gasteiger partial charge on any atom is 0.223 e. The maximum atomic E-state index is 11.7. The molecule has 1 aliphatic heterocycles. The molecule has 1 heterocycles. The van der Waals surface area contributed by atoms with Crippen molar-refractivity contribution in [2.75, 3.05) is 27.2 Å². The second-order valence-electron chi connectivity index (χ2n) is 5.49. The van der Waals surface area contributed by atoms with E-state index in [1.54, 1.807) is 19.0 Å². The average Bonchev–Trinajstić information content (AvgIpc) is 2.54. The minimum Gasteiger partial charge on any atom is -0.349 e. The van der Waals surface area contributed by atoms with E-state index in [1.165, 1.54) is 12.8 Å². The van der Waals surface area contributed by atoms with E-state index in [2.05, 4.69) is 18.7 Å². The number of hydrogen-bond donors (Lipinski definition) is 1. The highest BCUT2D eigenvalue weighted by atomic mass is 16.2. The van der Waals surface area contributed by atoms with Crippen molar-refractivity contribution >= 4 is 5.91 Å². The van der Waals surface area contributed by atoms with Crippen LogP contribution in [-0.2, 0) is 4.79 Å². The van der Waals surface area contributed by atoms with Gasteiger partial charge in [-0.2, -0.15) is 0 Å². The summed E-state index contributed by atoms with van der Waals surface area (Å²) in [6.07, 6.45) is 2.94. The van der Waals surface area contributed by atoms with Gasteiger partial charge in [-0.05, 0) is 33.2 Å². The molecule has 1 unspecified atom stereocenters. The van der Waals surface area contributed by atoms with Crippen molar-refractivity contribution < 1.29 is 4.79 Å². The van der Waals surface area contributed by atoms with Gasteiger partial charge in [0.25, 0.3) is 0 Å². The fourth-order valence-electron chi connectivity index (χ4n) is 2.51. The van der Waals surface area contributed by atoms with E-state index >= 15 is 0 Å². The molecule has 0 aromatic carbocycles. The lowest BCUT2D eigenvalue weighted by molar-refractivity contribution is -0.130. The Bertz CT molecular complexity index is 251. The van der Waals surface area contributed by atoms with Crippen molar-refractivity contribution in [1.82, 2.24) is 9.80 Å². The zero-order chi connectivity index (χ0) is 12.3. The molecule has 2 N–H and O–H groups in total. The van der Waals surface area contributed by atoms with Crippen LogP contribution in [0.15, 0.2) is 0 Å². The Morgan fingerprint density at radius 1 is 1.50 bits per heavy atom. The molecule has 4 heteroatoms. The van der Waals surface area contributed by atoms with Gasteiger partial charge < -0.3 is 10.6 Å². The molecule has 1 atom stereocenters. The number of hydrogen-bond acceptors (Lipinski definition) is 3. The molecule has 0 bridgehead atoms. The van der Waals surface area contributed by atoms with Crippen molar-refractivity contribution in [3.63, 3.8) is 0 Å². The highest BCUT2D eigenvalue weighted by Crippen LogP contribution is 2.30. The zero-order valence-electron chi connectivity index (χ0n) is 11.0. The Hall–Kier alpha value is -0.610. The van der Waals surface area contributed by atoms with Crippen molar-refractivity contribution in [2.45, 2.75) is 44.7 Å². The summed E-state index contributed by atoms with van der Waals surface area (Å²) in [7, 11) is 3.59. The quantitative estimate of drug-likeness (QED) is 0.768. The summed E-state index contributed by atoms with van der Waals surface area (Å²) >= 11 is 0. The molecule has 0 radical (unpaired) electrons. The second kappa shape index (κ2) is 5.15. The highest BCUT2D eigenvalue weighted by molar-refractivity contribution is 5.76. The van der Waals surface area contributed by atoms with Crippen LogP contribution >= 0.6 is 0 Å². The van der Waals surface area contributed by atoms with Gasteiger partial charge in [-0.3, -0.25) is 9.69 Å². The third kappa shape index (κ3) is 2.95. The molecule has 0 aliphatic carbocycles. The van der Waals surface area contributed by atoms with Crippen LogP contribution in [0.25, 0.3) is 0 Å². The van der Waals surface area contributed by atoms with E-state index in [-0.39, 0.29) is 17.5 Å². The zero-order valence-corrected chi connectivity index (χ0v) is 11.0. The average molecular weight is 227 g/mol. The molecular formula is C12H25N3O. The van der Waals surface area contributed by atoms with Crippen molar-refractivity contribution in [3.05, 3.63) is 0 Å². The number of carbonyl (C=O) groups excluding carboxylic acids is 1. The Morgan fingerprint density at radius 3 is 2.50 bits per heavy atom. The SMILES string of the molecule is CN(C)C(=O)CC(CN)N1CCCC1(C)C. The topological polar surface area (TPSA) is 49.6 Å². The van der Waals surface area contributed by atoms with Gasteiger partial charge in [0.05, 0.1) is 0 Å². The first-order valence-electron chi connectivity index (χ1n) is 6.05. The van der Waals surface area contributed by atoms with E-state index < -0.39 is 0 Å². The lowest BCUT2D eigenvalue weighted by Crippen LogP contribution is -2.50. The van der Waals surface area contributed by atoms with E-state index in [0.717, 1.165) is 6.54 Å². The minimum absolute atomic E-state index is 0.165. The Morgan fingerprint density at radius 2 is 2.12 bits per heavy atom. The third-order valence-corrected chi connectivity index (χ3v) is 3.59.